The molecule has 0 radical (unpaired) electrons. The van der Waals surface area contributed by atoms with Crippen LogP contribution in [0.3, 0.4) is 0 Å². The summed E-state index contributed by atoms with van der Waals surface area (Å²) >= 11 is 0. The van der Waals surface area contributed by atoms with Crippen molar-refractivity contribution in [3.63, 3.8) is 0 Å². The molecule has 0 spiro atoms. The number of nitrogens with zero attached hydrogens (tertiary/aromatic N) is 2. The predicted octanol–water partition coefficient (Wildman–Crippen LogP) is 1.30. The molecule has 0 aromatic carbocycles. The molecule has 0 saturated carbocycles. The van der Waals surface area contributed by atoms with Gasteiger partial charge in [0, 0.05) is 24.7 Å². The van der Waals surface area contributed by atoms with Crippen molar-refractivity contribution in [3.8, 4) is 0 Å². The minimum absolute atomic E-state index is 0.756. The van der Waals surface area contributed by atoms with Crippen LogP contribution in [-0.2, 0) is 0 Å². The predicted molar refractivity (Wildman–Crippen MR) is 71.3 cm³/mol. The van der Waals surface area contributed by atoms with Gasteiger partial charge in [-0.15, -0.1) is 0 Å². The van der Waals surface area contributed by atoms with Crippen molar-refractivity contribution in [3.05, 3.63) is 0 Å². The van der Waals surface area contributed by atoms with Gasteiger partial charge in [0.15, 0.2) is 0 Å². The van der Waals surface area contributed by atoms with Gasteiger partial charge in [0.1, 0.15) is 0 Å². The van der Waals surface area contributed by atoms with Gasteiger partial charge in [-0.25, -0.2) is 0 Å². The molecule has 3 unspecified atom stereocenters. The van der Waals surface area contributed by atoms with Crippen LogP contribution >= 0.6 is 0 Å². The molecule has 1 N–H and O–H groups in total. The van der Waals surface area contributed by atoms with Crippen molar-refractivity contribution in [1.29, 1.82) is 0 Å². The molecule has 3 aliphatic heterocycles. The lowest BCUT2D eigenvalue weighted by molar-refractivity contribution is 0.144. The van der Waals surface area contributed by atoms with Crippen molar-refractivity contribution in [2.24, 2.45) is 0 Å². The molecule has 0 aromatic heterocycles. The van der Waals surface area contributed by atoms with Crippen molar-refractivity contribution in [2.75, 3.05) is 33.2 Å². The summed E-state index contributed by atoms with van der Waals surface area (Å²) in [5.74, 6) is 0. The number of hydrogen-bond donors (Lipinski definition) is 1. The number of nitrogens with one attached hydrogen (secondary N) is 1. The van der Waals surface area contributed by atoms with Crippen LogP contribution in [0.25, 0.3) is 0 Å². The van der Waals surface area contributed by atoms with E-state index in [1.165, 1.54) is 64.7 Å². The third-order valence-electron chi connectivity index (χ3n) is 4.92. The summed E-state index contributed by atoms with van der Waals surface area (Å²) in [7, 11) is 2.26. The molecule has 3 nitrogen and oxygen atoms in total. The number of likely N-dealkylation sites (tertiary alicyclic amines) is 1. The molecule has 17 heavy (non-hydrogen) atoms. The van der Waals surface area contributed by atoms with Gasteiger partial charge in [0.2, 0.25) is 0 Å². The topological polar surface area (TPSA) is 18.5 Å². The Morgan fingerprint density at radius 2 is 1.82 bits per heavy atom. The Bertz CT molecular complexity index is 256. The number of piperidine rings is 2. The minimum Gasteiger partial charge on any atom is -0.310 e. The molecule has 3 fully saturated rings. The van der Waals surface area contributed by atoms with E-state index in [0.29, 0.717) is 0 Å². The second-order valence-electron chi connectivity index (χ2n) is 6.32. The van der Waals surface area contributed by atoms with Gasteiger partial charge in [-0.2, -0.15) is 0 Å². The summed E-state index contributed by atoms with van der Waals surface area (Å²) < 4.78 is 0. The average molecular weight is 237 g/mol. The van der Waals surface area contributed by atoms with Crippen LogP contribution in [0.1, 0.15) is 38.5 Å². The van der Waals surface area contributed by atoms with E-state index in [9.17, 15) is 0 Å². The van der Waals surface area contributed by atoms with Gasteiger partial charge in [-0.05, 0) is 65.2 Å². The van der Waals surface area contributed by atoms with Crippen LogP contribution in [0, 0.1) is 0 Å². The number of hydrogen-bond acceptors (Lipinski definition) is 3. The molecule has 0 bridgehead atoms. The van der Waals surface area contributed by atoms with Gasteiger partial charge >= 0.3 is 0 Å². The monoisotopic (exact) mass is 237 g/mol. The van der Waals surface area contributed by atoms with Crippen LogP contribution in [-0.4, -0.2) is 61.2 Å². The highest BCUT2D eigenvalue weighted by atomic mass is 15.2. The molecular weight excluding hydrogens is 210 g/mol. The van der Waals surface area contributed by atoms with Gasteiger partial charge in [-0.3, -0.25) is 0 Å². The Labute approximate surface area is 106 Å². The fourth-order valence-electron chi connectivity index (χ4n) is 4.01. The van der Waals surface area contributed by atoms with Crippen LogP contribution in [0.4, 0.5) is 0 Å². The third-order valence-corrected chi connectivity index (χ3v) is 4.92. The lowest BCUT2D eigenvalue weighted by Gasteiger charge is -2.39. The lowest BCUT2D eigenvalue weighted by atomic mass is 9.95. The number of fused-ring (bicyclic) bond motifs is 1. The fourth-order valence-corrected chi connectivity index (χ4v) is 4.01. The summed E-state index contributed by atoms with van der Waals surface area (Å²) in [6, 6.07) is 2.46. The molecule has 3 heterocycles. The maximum atomic E-state index is 3.93. The van der Waals surface area contributed by atoms with Gasteiger partial charge in [-0.1, -0.05) is 0 Å². The van der Waals surface area contributed by atoms with E-state index in [-0.39, 0.29) is 0 Å². The quantitative estimate of drug-likeness (QED) is 0.781. The van der Waals surface area contributed by atoms with Crippen molar-refractivity contribution >= 4 is 0 Å². The highest BCUT2D eigenvalue weighted by Crippen LogP contribution is 2.27. The molecule has 0 aromatic rings. The maximum Gasteiger partial charge on any atom is 0.0197 e. The second-order valence-corrected chi connectivity index (χ2v) is 6.32. The first kappa shape index (κ1) is 11.9. The first-order chi connectivity index (χ1) is 8.31. The van der Waals surface area contributed by atoms with Crippen LogP contribution < -0.4 is 5.32 Å². The highest BCUT2D eigenvalue weighted by Gasteiger charge is 2.32. The zero-order valence-corrected chi connectivity index (χ0v) is 11.2. The molecule has 98 valence electrons. The van der Waals surface area contributed by atoms with Crippen LogP contribution in [0.15, 0.2) is 0 Å². The number of rotatable bonds is 2. The fraction of sp³-hybridized carbons (Fsp3) is 1.00. The van der Waals surface area contributed by atoms with Crippen molar-refractivity contribution < 1.29 is 0 Å². The molecular formula is C14H27N3. The van der Waals surface area contributed by atoms with E-state index in [2.05, 4.69) is 22.2 Å². The van der Waals surface area contributed by atoms with Gasteiger partial charge in [0.05, 0.1) is 0 Å². The molecule has 3 heteroatoms. The smallest absolute Gasteiger partial charge is 0.0197 e. The Morgan fingerprint density at radius 1 is 0.941 bits per heavy atom. The SMILES string of the molecule is CN1CCCC(NC2CCN3CCCC3C2)C1. The average Bonchev–Trinajstić information content (AvgIpc) is 2.76. The summed E-state index contributed by atoms with van der Waals surface area (Å²) in [5, 5.41) is 3.93. The highest BCUT2D eigenvalue weighted by molar-refractivity contribution is 4.91. The molecule has 3 aliphatic rings. The van der Waals surface area contributed by atoms with Crippen molar-refractivity contribution in [2.45, 2.75) is 56.7 Å². The van der Waals surface area contributed by atoms with Gasteiger partial charge in [0.25, 0.3) is 0 Å². The Hall–Kier alpha value is -0.120. The summed E-state index contributed by atoms with van der Waals surface area (Å²) in [4.78, 5) is 5.19. The molecule has 3 saturated heterocycles. The Morgan fingerprint density at radius 3 is 2.71 bits per heavy atom. The third kappa shape index (κ3) is 2.83. The lowest BCUT2D eigenvalue weighted by Crippen LogP contribution is -2.52. The first-order valence-corrected chi connectivity index (χ1v) is 7.50. The summed E-state index contributed by atoms with van der Waals surface area (Å²) in [6.07, 6.45) is 8.41. The Kier molecular flexibility index (Phi) is 3.69. The summed E-state index contributed by atoms with van der Waals surface area (Å²) in [6.45, 7) is 5.25. The van der Waals surface area contributed by atoms with E-state index < -0.39 is 0 Å². The minimum atomic E-state index is 0.756. The maximum absolute atomic E-state index is 3.93. The standard InChI is InChI=1S/C14H27N3/c1-16-7-2-4-13(11-16)15-12-6-9-17-8-3-5-14(17)10-12/h12-15H,2-11H2,1H3. The number of likely N-dealkylation sites (N-methyl/N-ethyl adjacent to an activating group) is 1. The molecule has 0 amide bonds. The molecule has 3 atom stereocenters. The van der Waals surface area contributed by atoms with Crippen molar-refractivity contribution in [1.82, 2.24) is 15.1 Å². The van der Waals surface area contributed by atoms with E-state index >= 15 is 0 Å². The first-order valence-electron chi connectivity index (χ1n) is 7.50. The Balaban J connectivity index is 1.48. The second kappa shape index (κ2) is 5.25. The van der Waals surface area contributed by atoms with E-state index in [0.717, 1.165) is 18.1 Å². The zero-order valence-electron chi connectivity index (χ0n) is 11.2. The van der Waals surface area contributed by atoms with E-state index in [1.54, 1.807) is 0 Å². The van der Waals surface area contributed by atoms with Gasteiger partial charge < -0.3 is 15.1 Å². The van der Waals surface area contributed by atoms with Crippen LogP contribution in [0.2, 0.25) is 0 Å². The molecule has 3 rings (SSSR count). The molecule has 0 aliphatic carbocycles. The van der Waals surface area contributed by atoms with E-state index in [4.69, 9.17) is 0 Å². The zero-order chi connectivity index (χ0) is 11.7. The normalized spacial score (nSPS) is 40.4. The van der Waals surface area contributed by atoms with E-state index in [1.807, 2.05) is 0 Å². The van der Waals surface area contributed by atoms with Crippen LogP contribution in [0.5, 0.6) is 0 Å². The summed E-state index contributed by atoms with van der Waals surface area (Å²) in [5.41, 5.74) is 0. The largest absolute Gasteiger partial charge is 0.310 e.